The van der Waals surface area contributed by atoms with Crippen molar-refractivity contribution in [1.82, 2.24) is 0 Å². The van der Waals surface area contributed by atoms with Crippen molar-refractivity contribution in [1.29, 1.82) is 0 Å². The zero-order valence-electron chi connectivity index (χ0n) is 8.63. The van der Waals surface area contributed by atoms with E-state index in [2.05, 4.69) is 6.92 Å². The topological polar surface area (TPSA) is 9.23 Å². The van der Waals surface area contributed by atoms with Crippen LogP contribution in [0.3, 0.4) is 0 Å². The molecule has 0 aliphatic carbocycles. The Morgan fingerprint density at radius 3 is 2.87 bits per heavy atom. The third-order valence-corrected chi connectivity index (χ3v) is 3.32. The molecule has 0 saturated carbocycles. The number of halogens is 2. The first-order chi connectivity index (χ1) is 7.29. The minimum atomic E-state index is 0.427. The Kier molecular flexibility index (Phi) is 6.30. The van der Waals surface area contributed by atoms with Gasteiger partial charge in [-0.2, -0.15) is 11.8 Å². The lowest BCUT2D eigenvalue weighted by molar-refractivity contribution is 0.341. The third kappa shape index (κ3) is 4.13. The molecule has 15 heavy (non-hydrogen) atoms. The predicted octanol–water partition coefficient (Wildman–Crippen LogP) is 4.21. The first kappa shape index (κ1) is 13.0. The molecule has 0 saturated heterocycles. The molecule has 0 radical (unpaired) electrons. The van der Waals surface area contributed by atoms with Crippen molar-refractivity contribution in [3.63, 3.8) is 0 Å². The minimum Gasteiger partial charge on any atom is -0.491 e. The standard InChI is InChI=1S/C11H14Cl2OS/c1-2-15-7-6-14-11-9(8-12)4-3-5-10(11)13/h3-5H,2,6-8H2,1H3. The molecule has 0 heterocycles. The van der Waals surface area contributed by atoms with Gasteiger partial charge in [0.05, 0.1) is 17.5 Å². The summed E-state index contributed by atoms with van der Waals surface area (Å²) in [6.07, 6.45) is 0. The highest BCUT2D eigenvalue weighted by molar-refractivity contribution is 7.99. The quantitative estimate of drug-likeness (QED) is 0.563. The Hall–Kier alpha value is -0.0500. The predicted molar refractivity (Wildman–Crippen MR) is 69.5 cm³/mol. The first-order valence-corrected chi connectivity index (χ1v) is 6.90. The molecule has 0 aliphatic heterocycles. The Balaban J connectivity index is 2.58. The van der Waals surface area contributed by atoms with Crippen molar-refractivity contribution in [3.05, 3.63) is 28.8 Å². The molecule has 1 rings (SSSR count). The molecular weight excluding hydrogens is 251 g/mol. The van der Waals surface area contributed by atoms with Gasteiger partial charge in [-0.05, 0) is 11.8 Å². The normalized spacial score (nSPS) is 10.3. The summed E-state index contributed by atoms with van der Waals surface area (Å²) in [6.45, 7) is 2.80. The smallest absolute Gasteiger partial charge is 0.142 e. The summed E-state index contributed by atoms with van der Waals surface area (Å²) >= 11 is 13.7. The van der Waals surface area contributed by atoms with E-state index in [1.54, 1.807) is 0 Å². The van der Waals surface area contributed by atoms with Gasteiger partial charge in [-0.1, -0.05) is 30.7 Å². The molecular formula is C11H14Cl2OS. The van der Waals surface area contributed by atoms with Crippen LogP contribution in [0.4, 0.5) is 0 Å². The zero-order valence-corrected chi connectivity index (χ0v) is 11.0. The van der Waals surface area contributed by atoms with E-state index >= 15 is 0 Å². The van der Waals surface area contributed by atoms with Crippen molar-refractivity contribution in [2.24, 2.45) is 0 Å². The van der Waals surface area contributed by atoms with Crippen molar-refractivity contribution in [2.75, 3.05) is 18.1 Å². The highest BCUT2D eigenvalue weighted by Crippen LogP contribution is 2.29. The number of hydrogen-bond acceptors (Lipinski definition) is 2. The number of thioether (sulfide) groups is 1. The average Bonchev–Trinajstić information content (AvgIpc) is 2.26. The SMILES string of the molecule is CCSCCOc1c(Cl)cccc1CCl. The van der Waals surface area contributed by atoms with Crippen molar-refractivity contribution in [3.8, 4) is 5.75 Å². The molecule has 0 amide bonds. The van der Waals surface area contributed by atoms with E-state index in [0.717, 1.165) is 22.8 Å². The van der Waals surface area contributed by atoms with Crippen molar-refractivity contribution >= 4 is 35.0 Å². The molecule has 4 heteroatoms. The third-order valence-electron chi connectivity index (χ3n) is 1.87. The average molecular weight is 265 g/mol. The van der Waals surface area contributed by atoms with Crippen molar-refractivity contribution < 1.29 is 4.74 Å². The monoisotopic (exact) mass is 264 g/mol. The Labute approximate surface area is 105 Å². The van der Waals surface area contributed by atoms with Crippen LogP contribution in [-0.4, -0.2) is 18.1 Å². The molecule has 0 unspecified atom stereocenters. The molecule has 0 bridgehead atoms. The number of rotatable bonds is 6. The van der Waals surface area contributed by atoms with Crippen LogP contribution in [-0.2, 0) is 5.88 Å². The van der Waals surface area contributed by atoms with E-state index in [0.29, 0.717) is 17.5 Å². The van der Waals surface area contributed by atoms with Gasteiger partial charge in [0, 0.05) is 11.3 Å². The van der Waals surface area contributed by atoms with E-state index in [1.165, 1.54) is 0 Å². The van der Waals surface area contributed by atoms with Crippen LogP contribution >= 0.6 is 35.0 Å². The lowest BCUT2D eigenvalue weighted by atomic mass is 10.2. The molecule has 0 fully saturated rings. The molecule has 1 aromatic rings. The fourth-order valence-corrected chi connectivity index (χ4v) is 2.12. The summed E-state index contributed by atoms with van der Waals surface area (Å²) in [5.74, 6) is 3.24. The largest absolute Gasteiger partial charge is 0.491 e. The molecule has 0 spiro atoms. The van der Waals surface area contributed by atoms with Gasteiger partial charge in [-0.15, -0.1) is 11.6 Å². The fraction of sp³-hybridized carbons (Fsp3) is 0.455. The molecule has 1 aromatic carbocycles. The maximum Gasteiger partial charge on any atom is 0.142 e. The van der Waals surface area contributed by atoms with Crippen LogP contribution in [0, 0.1) is 0 Å². The molecule has 84 valence electrons. The van der Waals surface area contributed by atoms with Crippen LogP contribution in [0.2, 0.25) is 5.02 Å². The van der Waals surface area contributed by atoms with E-state index in [4.69, 9.17) is 27.9 Å². The molecule has 0 aliphatic rings. The highest BCUT2D eigenvalue weighted by Gasteiger charge is 2.06. The van der Waals surface area contributed by atoms with Crippen molar-refractivity contribution in [2.45, 2.75) is 12.8 Å². The van der Waals surface area contributed by atoms with Gasteiger partial charge in [0.1, 0.15) is 5.75 Å². The number of ether oxygens (including phenoxy) is 1. The van der Waals surface area contributed by atoms with Gasteiger partial charge in [0.25, 0.3) is 0 Å². The molecule has 0 atom stereocenters. The lowest BCUT2D eigenvalue weighted by Gasteiger charge is -2.11. The second kappa shape index (κ2) is 7.26. The second-order valence-electron chi connectivity index (χ2n) is 2.91. The van der Waals surface area contributed by atoms with Crippen LogP contribution in [0.25, 0.3) is 0 Å². The summed E-state index contributed by atoms with van der Waals surface area (Å²) in [6, 6.07) is 5.63. The van der Waals surface area contributed by atoms with Crippen LogP contribution in [0.5, 0.6) is 5.75 Å². The first-order valence-electron chi connectivity index (χ1n) is 4.83. The molecule has 0 aromatic heterocycles. The Morgan fingerprint density at radius 2 is 2.20 bits per heavy atom. The van der Waals surface area contributed by atoms with E-state index in [9.17, 15) is 0 Å². The fourth-order valence-electron chi connectivity index (χ4n) is 1.17. The number of hydrogen-bond donors (Lipinski definition) is 0. The van der Waals surface area contributed by atoms with Gasteiger partial charge in [-0.25, -0.2) is 0 Å². The van der Waals surface area contributed by atoms with Crippen LogP contribution < -0.4 is 4.74 Å². The van der Waals surface area contributed by atoms with Gasteiger partial charge >= 0.3 is 0 Å². The highest BCUT2D eigenvalue weighted by atomic mass is 35.5. The number of para-hydroxylation sites is 1. The van der Waals surface area contributed by atoms with E-state index < -0.39 is 0 Å². The minimum absolute atomic E-state index is 0.427. The summed E-state index contributed by atoms with van der Waals surface area (Å²) in [5, 5.41) is 0.634. The van der Waals surface area contributed by atoms with Crippen LogP contribution in [0.1, 0.15) is 12.5 Å². The van der Waals surface area contributed by atoms with Gasteiger partial charge in [0.15, 0.2) is 0 Å². The van der Waals surface area contributed by atoms with E-state index in [-0.39, 0.29) is 0 Å². The summed E-state index contributed by atoms with van der Waals surface area (Å²) in [4.78, 5) is 0. The maximum atomic E-state index is 6.03. The van der Waals surface area contributed by atoms with E-state index in [1.807, 2.05) is 30.0 Å². The molecule has 0 N–H and O–H groups in total. The summed E-state index contributed by atoms with van der Waals surface area (Å²) < 4.78 is 5.62. The maximum absolute atomic E-state index is 6.03. The van der Waals surface area contributed by atoms with Crippen LogP contribution in [0.15, 0.2) is 18.2 Å². The number of benzene rings is 1. The van der Waals surface area contributed by atoms with Gasteiger partial charge in [0.2, 0.25) is 0 Å². The Morgan fingerprint density at radius 1 is 1.40 bits per heavy atom. The summed E-state index contributed by atoms with van der Waals surface area (Å²) in [7, 11) is 0. The Bertz CT molecular complexity index is 305. The van der Waals surface area contributed by atoms with Gasteiger partial charge < -0.3 is 4.74 Å². The second-order valence-corrected chi connectivity index (χ2v) is 4.98. The summed E-state index contributed by atoms with van der Waals surface area (Å²) in [5.41, 5.74) is 0.950. The lowest BCUT2D eigenvalue weighted by Crippen LogP contribution is -2.02. The zero-order chi connectivity index (χ0) is 11.1. The molecule has 1 nitrogen and oxygen atoms in total. The number of alkyl halides is 1. The van der Waals surface area contributed by atoms with Gasteiger partial charge in [-0.3, -0.25) is 0 Å².